The van der Waals surface area contributed by atoms with Gasteiger partial charge in [0, 0.05) is 32.1 Å². The lowest BCUT2D eigenvalue weighted by Crippen LogP contribution is -2.55. The van der Waals surface area contributed by atoms with Gasteiger partial charge in [-0.15, -0.1) is 0 Å². The predicted molar refractivity (Wildman–Crippen MR) is 148 cm³/mol. The highest BCUT2D eigenvalue weighted by Crippen LogP contribution is 2.47. The number of carbonyl (C=O) groups is 2. The van der Waals surface area contributed by atoms with E-state index in [-0.39, 0.29) is 30.2 Å². The third-order valence-electron chi connectivity index (χ3n) is 6.80. The smallest absolute Gasteiger partial charge is 0.315 e. The highest BCUT2D eigenvalue weighted by Gasteiger charge is 2.56. The molecule has 1 aliphatic carbocycles. The monoisotopic (exact) mass is 559 g/mol. The lowest BCUT2D eigenvalue weighted by atomic mass is 9.61. The molecule has 2 aromatic rings. The number of rotatable bonds is 9. The number of nitrogens with one attached hydrogen (secondary N) is 1. The molecule has 39 heavy (non-hydrogen) atoms. The summed E-state index contributed by atoms with van der Waals surface area (Å²) in [5, 5.41) is 15.7. The molecule has 11 heteroatoms. The first-order chi connectivity index (χ1) is 18.3. The molecule has 0 aromatic heterocycles. The maximum absolute atomic E-state index is 13.4. The molecule has 0 bridgehead atoms. The molecule has 0 radical (unpaired) electrons. The van der Waals surface area contributed by atoms with Gasteiger partial charge in [-0.25, -0.2) is 4.83 Å². The van der Waals surface area contributed by atoms with Crippen LogP contribution in [-0.2, 0) is 29.1 Å². The fourth-order valence-corrected chi connectivity index (χ4v) is 5.74. The molecule has 0 saturated heterocycles. The van der Waals surface area contributed by atoms with E-state index < -0.39 is 45.3 Å². The van der Waals surface area contributed by atoms with Crippen LogP contribution in [0.3, 0.4) is 0 Å². The number of carbonyl (C=O) groups excluding carboxylic acids is 2. The van der Waals surface area contributed by atoms with Crippen molar-refractivity contribution in [3.63, 3.8) is 0 Å². The maximum atomic E-state index is 13.4. The fraction of sp³-hybridized carbons (Fsp3) is 0.464. The number of benzene rings is 2. The Balaban J connectivity index is 2.16. The fourth-order valence-electron chi connectivity index (χ4n) is 4.90. The zero-order valence-electron chi connectivity index (χ0n) is 23.2. The Morgan fingerprint density at radius 3 is 2.13 bits per heavy atom. The van der Waals surface area contributed by atoms with Gasteiger partial charge >= 0.3 is 11.9 Å². The minimum Gasteiger partial charge on any atom is -0.466 e. The molecule has 2 N–H and O–H groups in total. The van der Waals surface area contributed by atoms with Gasteiger partial charge in [-0.3, -0.25) is 9.59 Å². The molecule has 3 rings (SSSR count). The van der Waals surface area contributed by atoms with Gasteiger partial charge in [-0.05, 0) is 57.5 Å². The number of ether oxygens (including phenoxy) is 2. The Morgan fingerprint density at radius 1 is 1.03 bits per heavy atom. The molecule has 1 fully saturated rings. The molecule has 1 aliphatic rings. The molecule has 2 aromatic carbocycles. The molecule has 0 heterocycles. The second kappa shape index (κ2) is 12.2. The number of aliphatic hydroxyl groups is 1. The predicted octanol–water partition coefficient (Wildman–Crippen LogP) is 2.99. The van der Waals surface area contributed by atoms with Crippen molar-refractivity contribution in [1.29, 1.82) is 0 Å². The van der Waals surface area contributed by atoms with Crippen molar-refractivity contribution in [2.75, 3.05) is 32.2 Å². The normalized spacial score (nSPS) is 24.2. The Kier molecular flexibility index (Phi) is 9.39. The molecule has 10 nitrogen and oxygen atoms in total. The van der Waals surface area contributed by atoms with Gasteiger partial charge in [0.15, 0.2) is 0 Å². The van der Waals surface area contributed by atoms with Crippen molar-refractivity contribution in [3.05, 3.63) is 59.7 Å². The van der Waals surface area contributed by atoms with Crippen LogP contribution < -0.4 is 9.73 Å². The Labute approximate surface area is 230 Å². The van der Waals surface area contributed by atoms with Crippen molar-refractivity contribution < 1.29 is 32.6 Å². The van der Waals surface area contributed by atoms with Crippen molar-refractivity contribution in [2.24, 2.45) is 16.9 Å². The number of sulfonamides is 1. The molecule has 0 aliphatic heterocycles. The molecule has 4 unspecified atom stereocenters. The number of anilines is 1. The Morgan fingerprint density at radius 2 is 1.59 bits per heavy atom. The van der Waals surface area contributed by atoms with Crippen LogP contribution in [0.25, 0.3) is 0 Å². The Bertz CT molecular complexity index is 1300. The van der Waals surface area contributed by atoms with Gasteiger partial charge in [-0.1, -0.05) is 29.8 Å². The third-order valence-corrected chi connectivity index (χ3v) is 8.03. The zero-order valence-corrected chi connectivity index (χ0v) is 24.0. The Hall–Kier alpha value is -3.44. The number of aryl methyl sites for hydroxylation is 1. The zero-order chi connectivity index (χ0) is 29.0. The number of esters is 2. The van der Waals surface area contributed by atoms with E-state index in [4.69, 9.17) is 9.47 Å². The van der Waals surface area contributed by atoms with Gasteiger partial charge < -0.3 is 19.5 Å². The maximum Gasteiger partial charge on any atom is 0.315 e. The summed E-state index contributed by atoms with van der Waals surface area (Å²) in [7, 11) is -0.313. The topological polar surface area (TPSA) is 135 Å². The lowest BCUT2D eigenvalue weighted by molar-refractivity contribution is -0.163. The van der Waals surface area contributed by atoms with E-state index in [9.17, 15) is 23.1 Å². The van der Waals surface area contributed by atoms with Crippen molar-refractivity contribution >= 4 is 33.4 Å². The van der Waals surface area contributed by atoms with Crippen LogP contribution in [0.5, 0.6) is 0 Å². The first-order valence-electron chi connectivity index (χ1n) is 12.8. The van der Waals surface area contributed by atoms with E-state index in [0.717, 1.165) is 11.3 Å². The van der Waals surface area contributed by atoms with Crippen LogP contribution in [0, 0.1) is 18.8 Å². The molecule has 0 amide bonds. The quantitative estimate of drug-likeness (QED) is 0.354. The summed E-state index contributed by atoms with van der Waals surface area (Å²) in [6.45, 7) is 6.75. The minimum atomic E-state index is -4.08. The standard InChI is InChI=1S/C28H37N3O7S/c1-7-37-26(32)24-22(29-30-39(35,36)21-15-9-18(3)10-16-21)17-28(4,34)25(27(33)38-8-2)23(24)19-11-13-20(14-12-19)31(5)6/h9-16,23-25,30,34H,7-8,17H2,1-6H3/b29-22+. The van der Waals surface area contributed by atoms with Crippen LogP contribution in [0.4, 0.5) is 5.69 Å². The number of hydrazone groups is 1. The molecular weight excluding hydrogens is 522 g/mol. The van der Waals surface area contributed by atoms with E-state index in [1.54, 1.807) is 38.1 Å². The molecule has 1 saturated carbocycles. The highest BCUT2D eigenvalue weighted by atomic mass is 32.2. The van der Waals surface area contributed by atoms with Crippen LogP contribution in [0.2, 0.25) is 0 Å². The lowest BCUT2D eigenvalue weighted by Gasteiger charge is -2.45. The van der Waals surface area contributed by atoms with Crippen LogP contribution in [0.1, 0.15) is 44.2 Å². The van der Waals surface area contributed by atoms with Crippen molar-refractivity contribution in [1.82, 2.24) is 4.83 Å². The molecule has 212 valence electrons. The van der Waals surface area contributed by atoms with Crippen LogP contribution in [0.15, 0.2) is 58.5 Å². The summed E-state index contributed by atoms with van der Waals surface area (Å²) >= 11 is 0. The van der Waals surface area contributed by atoms with Gasteiger partial charge in [-0.2, -0.15) is 13.5 Å². The average molecular weight is 560 g/mol. The summed E-state index contributed by atoms with van der Waals surface area (Å²) in [5.74, 6) is -4.60. The molecule has 0 spiro atoms. The summed E-state index contributed by atoms with van der Waals surface area (Å²) in [6.07, 6.45) is -0.261. The highest BCUT2D eigenvalue weighted by molar-refractivity contribution is 7.89. The summed E-state index contributed by atoms with van der Waals surface area (Å²) in [5.41, 5.74) is 0.691. The van der Waals surface area contributed by atoms with Crippen molar-refractivity contribution in [3.8, 4) is 0 Å². The van der Waals surface area contributed by atoms with Gasteiger partial charge in [0.1, 0.15) is 5.92 Å². The number of hydrogen-bond acceptors (Lipinski definition) is 9. The third kappa shape index (κ3) is 6.77. The van der Waals surface area contributed by atoms with E-state index in [0.29, 0.717) is 5.56 Å². The second-order valence-corrected chi connectivity index (χ2v) is 11.7. The minimum absolute atomic E-state index is 0.00655. The van der Waals surface area contributed by atoms with E-state index in [1.807, 2.05) is 38.1 Å². The summed E-state index contributed by atoms with van der Waals surface area (Å²) in [4.78, 5) is 30.8. The molecule has 4 atom stereocenters. The average Bonchev–Trinajstić information content (AvgIpc) is 2.87. The van der Waals surface area contributed by atoms with Gasteiger partial charge in [0.2, 0.25) is 0 Å². The van der Waals surface area contributed by atoms with E-state index in [2.05, 4.69) is 9.93 Å². The molecular formula is C28H37N3O7S. The largest absolute Gasteiger partial charge is 0.466 e. The van der Waals surface area contributed by atoms with Gasteiger partial charge in [0.25, 0.3) is 10.0 Å². The first-order valence-corrected chi connectivity index (χ1v) is 14.3. The number of hydrogen-bond donors (Lipinski definition) is 2. The SMILES string of the molecule is CCOC(=O)C1/C(=N/NS(=O)(=O)c2ccc(C)cc2)CC(C)(O)C(C(=O)OCC)C1c1ccc(N(C)C)cc1. The van der Waals surface area contributed by atoms with Crippen LogP contribution in [-0.4, -0.2) is 64.1 Å². The number of nitrogens with zero attached hydrogens (tertiary/aromatic N) is 2. The van der Waals surface area contributed by atoms with Gasteiger partial charge in [0.05, 0.1) is 35.3 Å². The summed E-state index contributed by atoms with van der Waals surface area (Å²) in [6, 6.07) is 13.4. The summed E-state index contributed by atoms with van der Waals surface area (Å²) < 4.78 is 36.7. The van der Waals surface area contributed by atoms with E-state index in [1.165, 1.54) is 19.1 Å². The van der Waals surface area contributed by atoms with Crippen LogP contribution >= 0.6 is 0 Å². The van der Waals surface area contributed by atoms with E-state index >= 15 is 0 Å². The second-order valence-electron chi connectivity index (χ2n) is 10.0. The van der Waals surface area contributed by atoms with Crippen molar-refractivity contribution in [2.45, 2.75) is 50.5 Å². The first kappa shape index (κ1) is 30.1.